The van der Waals surface area contributed by atoms with E-state index in [2.05, 4.69) is 25.5 Å². The summed E-state index contributed by atoms with van der Waals surface area (Å²) in [6.07, 6.45) is 2.20. The summed E-state index contributed by atoms with van der Waals surface area (Å²) in [6.45, 7) is 2.00. The normalized spacial score (nSPS) is 12.0. The number of nitrogens with zero attached hydrogens (tertiary/aromatic N) is 7. The fourth-order valence-corrected chi connectivity index (χ4v) is 2.90. The Kier molecular flexibility index (Phi) is 5.20. The predicted octanol–water partition coefficient (Wildman–Crippen LogP) is 1.56. The summed E-state index contributed by atoms with van der Waals surface area (Å²) < 4.78 is 3.38. The van der Waals surface area contributed by atoms with Crippen molar-refractivity contribution in [3.8, 4) is 11.4 Å². The molecule has 0 aliphatic heterocycles. The minimum atomic E-state index is -0.207. The molecule has 1 N–H and O–H groups in total. The molecule has 0 unspecified atom stereocenters. The van der Waals surface area contributed by atoms with E-state index in [9.17, 15) is 4.79 Å². The lowest BCUT2D eigenvalue weighted by Crippen LogP contribution is -2.30. The standard InChI is InChI=1S/C18H24N8O/c1-6-14(16-19-11-20-25(16)4)21-17(27)13-9-7-8-12(10-13)15-22-18(24(2)3)26(5)23-15/h7-11,14H,6H2,1-5H3,(H,21,27)/t14-/m0/s1. The monoisotopic (exact) mass is 368 g/mol. The lowest BCUT2D eigenvalue weighted by molar-refractivity contribution is 0.0933. The number of benzene rings is 1. The highest BCUT2D eigenvalue weighted by Gasteiger charge is 2.19. The van der Waals surface area contributed by atoms with Gasteiger partial charge in [-0.3, -0.25) is 9.48 Å². The van der Waals surface area contributed by atoms with Gasteiger partial charge in [-0.1, -0.05) is 19.1 Å². The van der Waals surface area contributed by atoms with Gasteiger partial charge in [0.15, 0.2) is 5.82 Å². The van der Waals surface area contributed by atoms with Gasteiger partial charge in [0.1, 0.15) is 12.2 Å². The Morgan fingerprint density at radius 1 is 1.26 bits per heavy atom. The maximum Gasteiger partial charge on any atom is 0.251 e. The van der Waals surface area contributed by atoms with Crippen LogP contribution in [0.5, 0.6) is 0 Å². The van der Waals surface area contributed by atoms with Crippen molar-refractivity contribution < 1.29 is 4.79 Å². The molecule has 142 valence electrons. The van der Waals surface area contributed by atoms with Gasteiger partial charge in [-0.25, -0.2) is 9.67 Å². The third kappa shape index (κ3) is 3.81. The number of aryl methyl sites for hydroxylation is 2. The van der Waals surface area contributed by atoms with Gasteiger partial charge in [0.2, 0.25) is 5.95 Å². The van der Waals surface area contributed by atoms with Crippen molar-refractivity contribution in [3.05, 3.63) is 42.0 Å². The predicted molar refractivity (Wildman–Crippen MR) is 102 cm³/mol. The van der Waals surface area contributed by atoms with Crippen molar-refractivity contribution in [2.45, 2.75) is 19.4 Å². The van der Waals surface area contributed by atoms with E-state index in [0.29, 0.717) is 17.8 Å². The van der Waals surface area contributed by atoms with Crippen LogP contribution in [0.3, 0.4) is 0 Å². The second-order valence-electron chi connectivity index (χ2n) is 6.51. The summed E-state index contributed by atoms with van der Waals surface area (Å²) in [5, 5.41) is 11.5. The van der Waals surface area contributed by atoms with Crippen LogP contribution in [0.4, 0.5) is 5.95 Å². The number of carbonyl (C=O) groups is 1. The Balaban J connectivity index is 1.83. The van der Waals surface area contributed by atoms with Crippen LogP contribution < -0.4 is 10.2 Å². The van der Waals surface area contributed by atoms with E-state index >= 15 is 0 Å². The summed E-state index contributed by atoms with van der Waals surface area (Å²) in [7, 11) is 7.48. The zero-order chi connectivity index (χ0) is 19.6. The number of hydrogen-bond donors (Lipinski definition) is 1. The minimum absolute atomic E-state index is 0.171. The highest BCUT2D eigenvalue weighted by molar-refractivity contribution is 5.95. The molecule has 3 aromatic rings. The zero-order valence-corrected chi connectivity index (χ0v) is 16.2. The molecule has 1 atom stereocenters. The Bertz CT molecular complexity index is 942. The Morgan fingerprint density at radius 3 is 2.63 bits per heavy atom. The third-order valence-corrected chi connectivity index (χ3v) is 4.29. The molecule has 0 saturated heterocycles. The van der Waals surface area contributed by atoms with E-state index in [0.717, 1.165) is 17.3 Å². The number of anilines is 1. The second kappa shape index (κ2) is 7.56. The van der Waals surface area contributed by atoms with Crippen molar-refractivity contribution in [2.75, 3.05) is 19.0 Å². The third-order valence-electron chi connectivity index (χ3n) is 4.29. The van der Waals surface area contributed by atoms with Crippen LogP contribution in [-0.2, 0) is 14.1 Å². The molecule has 2 heterocycles. The topological polar surface area (TPSA) is 93.8 Å². The Labute approximate surface area is 158 Å². The van der Waals surface area contributed by atoms with E-state index in [4.69, 9.17) is 0 Å². The second-order valence-corrected chi connectivity index (χ2v) is 6.51. The van der Waals surface area contributed by atoms with E-state index in [1.165, 1.54) is 6.33 Å². The number of aromatic nitrogens is 6. The highest BCUT2D eigenvalue weighted by atomic mass is 16.1. The van der Waals surface area contributed by atoms with Crippen LogP contribution in [0.2, 0.25) is 0 Å². The molecule has 0 radical (unpaired) electrons. The fourth-order valence-electron chi connectivity index (χ4n) is 2.90. The Morgan fingerprint density at radius 2 is 2.04 bits per heavy atom. The van der Waals surface area contributed by atoms with Crippen molar-refractivity contribution >= 4 is 11.9 Å². The molecule has 1 amide bonds. The molecule has 0 aliphatic carbocycles. The molecule has 0 spiro atoms. The number of rotatable bonds is 6. The van der Waals surface area contributed by atoms with Crippen LogP contribution in [0.25, 0.3) is 11.4 Å². The molecule has 9 heteroatoms. The largest absolute Gasteiger partial charge is 0.347 e. The fraction of sp³-hybridized carbons (Fsp3) is 0.389. The summed E-state index contributed by atoms with van der Waals surface area (Å²) >= 11 is 0. The first-order chi connectivity index (χ1) is 12.9. The zero-order valence-electron chi connectivity index (χ0n) is 16.2. The maximum atomic E-state index is 12.8. The van der Waals surface area contributed by atoms with Gasteiger partial charge < -0.3 is 10.2 Å². The molecular weight excluding hydrogens is 344 g/mol. The summed E-state index contributed by atoms with van der Waals surface area (Å²) in [4.78, 5) is 23.4. The minimum Gasteiger partial charge on any atom is -0.347 e. The molecule has 0 fully saturated rings. The van der Waals surface area contributed by atoms with E-state index < -0.39 is 0 Å². The first-order valence-electron chi connectivity index (χ1n) is 8.74. The van der Waals surface area contributed by atoms with Gasteiger partial charge in [0.25, 0.3) is 5.91 Å². The van der Waals surface area contributed by atoms with Gasteiger partial charge in [-0.05, 0) is 18.6 Å². The van der Waals surface area contributed by atoms with Gasteiger partial charge in [0.05, 0.1) is 6.04 Å². The highest BCUT2D eigenvalue weighted by Crippen LogP contribution is 2.20. The van der Waals surface area contributed by atoms with E-state index in [-0.39, 0.29) is 11.9 Å². The van der Waals surface area contributed by atoms with Crippen LogP contribution in [-0.4, -0.2) is 49.5 Å². The first-order valence-corrected chi connectivity index (χ1v) is 8.74. The SMILES string of the molecule is CC[C@H](NC(=O)c1cccc(-c2nc(N(C)C)n(C)n2)c1)c1ncnn1C. The van der Waals surface area contributed by atoms with Crippen molar-refractivity contribution in [3.63, 3.8) is 0 Å². The summed E-state index contributed by atoms with van der Waals surface area (Å²) in [5.41, 5.74) is 1.34. The number of nitrogens with one attached hydrogen (secondary N) is 1. The van der Waals surface area contributed by atoms with Gasteiger partial charge in [-0.15, -0.1) is 5.10 Å². The summed E-state index contributed by atoms with van der Waals surface area (Å²) in [5.74, 6) is 1.88. The van der Waals surface area contributed by atoms with Gasteiger partial charge in [0, 0.05) is 39.3 Å². The van der Waals surface area contributed by atoms with Crippen molar-refractivity contribution in [1.82, 2.24) is 34.8 Å². The molecule has 9 nitrogen and oxygen atoms in total. The van der Waals surface area contributed by atoms with Crippen LogP contribution in [0, 0.1) is 0 Å². The van der Waals surface area contributed by atoms with E-state index in [1.54, 1.807) is 21.5 Å². The summed E-state index contributed by atoms with van der Waals surface area (Å²) in [6, 6.07) is 7.10. The van der Waals surface area contributed by atoms with Crippen LogP contribution in [0.15, 0.2) is 30.6 Å². The molecule has 3 rings (SSSR count). The molecule has 0 bridgehead atoms. The maximum absolute atomic E-state index is 12.8. The van der Waals surface area contributed by atoms with Gasteiger partial charge in [-0.2, -0.15) is 10.1 Å². The average Bonchev–Trinajstić information content (AvgIpc) is 3.25. The lowest BCUT2D eigenvalue weighted by Gasteiger charge is -2.16. The quantitative estimate of drug-likeness (QED) is 0.710. The molecular formula is C18H24N8O. The average molecular weight is 368 g/mol. The lowest BCUT2D eigenvalue weighted by atomic mass is 10.1. The van der Waals surface area contributed by atoms with Crippen molar-refractivity contribution in [2.24, 2.45) is 14.1 Å². The first kappa shape index (κ1) is 18.6. The van der Waals surface area contributed by atoms with Gasteiger partial charge >= 0.3 is 0 Å². The molecule has 0 aliphatic rings. The number of carbonyl (C=O) groups excluding carboxylic acids is 1. The van der Waals surface area contributed by atoms with E-state index in [1.807, 2.05) is 52.1 Å². The van der Waals surface area contributed by atoms with Crippen molar-refractivity contribution in [1.29, 1.82) is 0 Å². The Hall–Kier alpha value is -3.23. The molecule has 27 heavy (non-hydrogen) atoms. The number of hydrogen-bond acceptors (Lipinski definition) is 6. The molecule has 0 saturated carbocycles. The van der Waals surface area contributed by atoms with Crippen LogP contribution in [0.1, 0.15) is 35.6 Å². The van der Waals surface area contributed by atoms with Crippen LogP contribution >= 0.6 is 0 Å². The molecule has 2 aromatic heterocycles. The number of amides is 1. The molecule has 1 aromatic carbocycles. The smallest absolute Gasteiger partial charge is 0.251 e.